The van der Waals surface area contributed by atoms with Gasteiger partial charge in [0.1, 0.15) is 0 Å². The van der Waals surface area contributed by atoms with E-state index in [1.54, 1.807) is 24.5 Å². The van der Waals surface area contributed by atoms with Crippen LogP contribution in [0.3, 0.4) is 0 Å². The fourth-order valence-corrected chi connectivity index (χ4v) is 4.54. The summed E-state index contributed by atoms with van der Waals surface area (Å²) in [5.41, 5.74) is 1.96. The minimum absolute atomic E-state index is 0.101. The summed E-state index contributed by atoms with van der Waals surface area (Å²) < 4.78 is 0. The van der Waals surface area contributed by atoms with Crippen LogP contribution in [0.25, 0.3) is 6.08 Å². The van der Waals surface area contributed by atoms with Crippen molar-refractivity contribution in [2.75, 3.05) is 50.7 Å². The van der Waals surface area contributed by atoms with Crippen molar-refractivity contribution in [3.05, 3.63) is 65.3 Å². The number of pyridine rings is 1. The number of para-hydroxylation sites is 1. The van der Waals surface area contributed by atoms with Gasteiger partial charge in [-0.05, 0) is 41.6 Å². The molecule has 0 atom stereocenters. The third kappa shape index (κ3) is 5.54. The molecule has 32 heavy (non-hydrogen) atoms. The summed E-state index contributed by atoms with van der Waals surface area (Å²) in [5.74, 6) is -0.439. The lowest BCUT2D eigenvalue weighted by Crippen LogP contribution is -2.50. The Morgan fingerprint density at radius 3 is 2.56 bits per heavy atom. The molecule has 2 fully saturated rings. The van der Waals surface area contributed by atoms with Crippen LogP contribution in [-0.2, 0) is 9.59 Å². The number of hydrogen-bond acceptors (Lipinski definition) is 7. The molecule has 0 saturated carbocycles. The minimum atomic E-state index is -0.338. The Hall–Kier alpha value is -3.17. The number of hydrogen-bond donors (Lipinski definition) is 1. The lowest BCUT2D eigenvalue weighted by molar-refractivity contribution is -0.124. The molecule has 1 aromatic carbocycles. The van der Waals surface area contributed by atoms with E-state index in [2.05, 4.69) is 32.2 Å². The Labute approximate surface area is 191 Å². The van der Waals surface area contributed by atoms with Crippen LogP contribution in [0, 0.1) is 0 Å². The number of imide groups is 1. The summed E-state index contributed by atoms with van der Waals surface area (Å²) in [7, 11) is 0. The summed E-state index contributed by atoms with van der Waals surface area (Å²) in [6, 6.07) is 13.8. The van der Waals surface area contributed by atoms with E-state index in [0.29, 0.717) is 11.4 Å². The standard InChI is InChI=1S/C23H25N5O3S/c29-21(17-26-11-13-27(14-12-26)19-6-2-1-3-7-19)25-9-10-28-22(30)20(32-23(28)31)15-18-5-4-8-24-16-18/h1-8,15-16H,9-14,17H2,(H,25,29). The molecule has 0 unspecified atom stereocenters. The van der Waals surface area contributed by atoms with Crippen molar-refractivity contribution in [1.29, 1.82) is 0 Å². The maximum absolute atomic E-state index is 12.5. The lowest BCUT2D eigenvalue weighted by atomic mass is 10.2. The molecular formula is C23H25N5O3S. The van der Waals surface area contributed by atoms with Gasteiger partial charge in [0.15, 0.2) is 0 Å². The van der Waals surface area contributed by atoms with Gasteiger partial charge in [-0.15, -0.1) is 0 Å². The molecule has 2 saturated heterocycles. The second-order valence-corrected chi connectivity index (χ2v) is 8.56. The number of nitrogens with zero attached hydrogens (tertiary/aromatic N) is 4. The predicted molar refractivity (Wildman–Crippen MR) is 125 cm³/mol. The normalized spacial score (nSPS) is 18.4. The first-order valence-corrected chi connectivity index (χ1v) is 11.4. The van der Waals surface area contributed by atoms with Gasteiger partial charge in [-0.2, -0.15) is 0 Å². The third-order valence-electron chi connectivity index (χ3n) is 5.37. The van der Waals surface area contributed by atoms with Gasteiger partial charge in [-0.1, -0.05) is 24.3 Å². The molecule has 0 radical (unpaired) electrons. The molecule has 9 heteroatoms. The highest BCUT2D eigenvalue weighted by Gasteiger charge is 2.34. The topological polar surface area (TPSA) is 85.8 Å². The first kappa shape index (κ1) is 22.0. The molecule has 0 spiro atoms. The van der Waals surface area contributed by atoms with Gasteiger partial charge < -0.3 is 10.2 Å². The van der Waals surface area contributed by atoms with Crippen LogP contribution in [0.2, 0.25) is 0 Å². The van der Waals surface area contributed by atoms with Crippen LogP contribution < -0.4 is 10.2 Å². The molecule has 4 rings (SSSR count). The van der Waals surface area contributed by atoms with Crippen LogP contribution in [0.1, 0.15) is 5.56 Å². The zero-order valence-electron chi connectivity index (χ0n) is 17.6. The highest BCUT2D eigenvalue weighted by atomic mass is 32.2. The SMILES string of the molecule is O=C(CN1CCN(c2ccccc2)CC1)NCCN1C(=O)SC(=Cc2cccnc2)C1=O. The molecule has 0 aliphatic carbocycles. The summed E-state index contributed by atoms with van der Waals surface area (Å²) in [6.07, 6.45) is 4.94. The number of carbonyl (C=O) groups is 3. The van der Waals surface area contributed by atoms with E-state index in [-0.39, 0.29) is 30.1 Å². The van der Waals surface area contributed by atoms with E-state index in [9.17, 15) is 14.4 Å². The number of benzene rings is 1. The van der Waals surface area contributed by atoms with Crippen LogP contribution in [0.4, 0.5) is 10.5 Å². The molecule has 8 nitrogen and oxygen atoms in total. The molecule has 1 aromatic heterocycles. The van der Waals surface area contributed by atoms with Crippen molar-refractivity contribution in [3.8, 4) is 0 Å². The van der Waals surface area contributed by atoms with Crippen LogP contribution >= 0.6 is 11.8 Å². The molecule has 3 amide bonds. The van der Waals surface area contributed by atoms with Gasteiger partial charge in [-0.3, -0.25) is 29.2 Å². The molecule has 2 aliphatic rings. The number of nitrogens with one attached hydrogen (secondary N) is 1. The fraction of sp³-hybridized carbons (Fsp3) is 0.304. The van der Waals surface area contributed by atoms with Crippen molar-refractivity contribution in [2.45, 2.75) is 0 Å². The summed E-state index contributed by atoms with van der Waals surface area (Å²) in [4.78, 5) is 47.0. The van der Waals surface area contributed by atoms with Gasteiger partial charge >= 0.3 is 0 Å². The molecule has 2 aromatic rings. The van der Waals surface area contributed by atoms with E-state index in [4.69, 9.17) is 0 Å². The number of rotatable bonds is 7. The number of amides is 3. The summed E-state index contributed by atoms with van der Waals surface area (Å²) >= 11 is 0.907. The van der Waals surface area contributed by atoms with Gasteiger partial charge in [0.25, 0.3) is 11.1 Å². The third-order valence-corrected chi connectivity index (χ3v) is 6.28. The van der Waals surface area contributed by atoms with Gasteiger partial charge in [-0.25, -0.2) is 0 Å². The van der Waals surface area contributed by atoms with Crippen LogP contribution in [0.5, 0.6) is 0 Å². The second kappa shape index (κ2) is 10.4. The number of piperazine rings is 1. The highest BCUT2D eigenvalue weighted by Crippen LogP contribution is 2.31. The molecule has 2 aliphatic heterocycles. The van der Waals surface area contributed by atoms with Crippen LogP contribution in [-0.4, -0.2) is 77.7 Å². The van der Waals surface area contributed by atoms with Crippen molar-refractivity contribution in [1.82, 2.24) is 20.1 Å². The van der Waals surface area contributed by atoms with Gasteiger partial charge in [0, 0.05) is 57.3 Å². The monoisotopic (exact) mass is 451 g/mol. The molecule has 1 N–H and O–H groups in total. The number of carbonyl (C=O) groups excluding carboxylic acids is 3. The Bertz CT molecular complexity index is 991. The predicted octanol–water partition coefficient (Wildman–Crippen LogP) is 2.06. The van der Waals surface area contributed by atoms with Crippen molar-refractivity contribution in [3.63, 3.8) is 0 Å². The fourth-order valence-electron chi connectivity index (χ4n) is 3.67. The minimum Gasteiger partial charge on any atom is -0.369 e. The highest BCUT2D eigenvalue weighted by molar-refractivity contribution is 8.18. The zero-order valence-corrected chi connectivity index (χ0v) is 18.5. The largest absolute Gasteiger partial charge is 0.369 e. The maximum Gasteiger partial charge on any atom is 0.293 e. The summed E-state index contributed by atoms with van der Waals surface area (Å²) in [5, 5.41) is 2.50. The van der Waals surface area contributed by atoms with E-state index in [0.717, 1.165) is 43.5 Å². The van der Waals surface area contributed by atoms with Crippen LogP contribution in [0.15, 0.2) is 59.8 Å². The maximum atomic E-state index is 12.5. The lowest BCUT2D eigenvalue weighted by Gasteiger charge is -2.35. The first-order chi connectivity index (χ1) is 15.6. The average molecular weight is 452 g/mol. The molecule has 0 bridgehead atoms. The van der Waals surface area contributed by atoms with Gasteiger partial charge in [0.2, 0.25) is 5.91 Å². The zero-order chi connectivity index (χ0) is 22.3. The smallest absolute Gasteiger partial charge is 0.293 e. The van der Waals surface area contributed by atoms with E-state index in [1.165, 1.54) is 10.6 Å². The van der Waals surface area contributed by atoms with Crippen molar-refractivity contribution >= 4 is 40.6 Å². The quantitative estimate of drug-likeness (QED) is 0.645. The van der Waals surface area contributed by atoms with E-state index < -0.39 is 0 Å². The number of aromatic nitrogens is 1. The molecular weight excluding hydrogens is 426 g/mol. The number of thioether (sulfide) groups is 1. The Kier molecular flexibility index (Phi) is 7.18. The van der Waals surface area contributed by atoms with Crippen molar-refractivity contribution < 1.29 is 14.4 Å². The Balaban J connectivity index is 1.19. The van der Waals surface area contributed by atoms with E-state index >= 15 is 0 Å². The molecule has 166 valence electrons. The van der Waals surface area contributed by atoms with Crippen molar-refractivity contribution in [2.24, 2.45) is 0 Å². The molecule has 3 heterocycles. The first-order valence-electron chi connectivity index (χ1n) is 10.5. The second-order valence-electron chi connectivity index (χ2n) is 7.57. The number of anilines is 1. The average Bonchev–Trinajstić information content (AvgIpc) is 3.08. The van der Waals surface area contributed by atoms with Gasteiger partial charge in [0.05, 0.1) is 11.4 Å². The van der Waals surface area contributed by atoms with E-state index in [1.807, 2.05) is 24.3 Å². The Morgan fingerprint density at radius 2 is 1.84 bits per heavy atom. The Morgan fingerprint density at radius 1 is 1.06 bits per heavy atom. The summed E-state index contributed by atoms with van der Waals surface area (Å²) in [6.45, 7) is 4.07.